The number of benzene rings is 1. The van der Waals surface area contributed by atoms with Gasteiger partial charge in [-0.05, 0) is 24.3 Å². The molecule has 24 heavy (non-hydrogen) atoms. The van der Waals surface area contributed by atoms with Crippen LogP contribution in [-0.2, 0) is 0 Å². The zero-order valence-electron chi connectivity index (χ0n) is 12.5. The molecule has 0 radical (unpaired) electrons. The van der Waals surface area contributed by atoms with Gasteiger partial charge in [-0.3, -0.25) is 19.8 Å². The van der Waals surface area contributed by atoms with Gasteiger partial charge in [0.15, 0.2) is 0 Å². The SMILES string of the molecule is O=C(NCCN1C(=O)c2ccccc2C1=O)Nc1cc(Cl)ccn1. The molecule has 1 aliphatic heterocycles. The fourth-order valence-electron chi connectivity index (χ4n) is 2.36. The number of amides is 4. The molecule has 2 heterocycles. The molecule has 0 spiro atoms. The standard InChI is InChI=1S/C16H13ClN4O3/c17-10-5-6-18-13(9-10)20-16(24)19-7-8-21-14(22)11-3-1-2-4-12(11)15(21)23/h1-6,9H,7-8H2,(H2,18,19,20,24). The third kappa shape index (κ3) is 3.21. The Kier molecular flexibility index (Phi) is 4.43. The Hall–Kier alpha value is -2.93. The number of anilines is 1. The fraction of sp³-hybridized carbons (Fsp3) is 0.125. The molecule has 0 saturated heterocycles. The molecule has 122 valence electrons. The van der Waals surface area contributed by atoms with Crippen molar-refractivity contribution in [2.75, 3.05) is 18.4 Å². The van der Waals surface area contributed by atoms with E-state index in [2.05, 4.69) is 15.6 Å². The second-order valence-electron chi connectivity index (χ2n) is 5.05. The maximum absolute atomic E-state index is 12.2. The molecule has 0 unspecified atom stereocenters. The van der Waals surface area contributed by atoms with Crippen molar-refractivity contribution in [3.8, 4) is 0 Å². The van der Waals surface area contributed by atoms with E-state index < -0.39 is 6.03 Å². The van der Waals surface area contributed by atoms with E-state index in [1.165, 1.54) is 12.3 Å². The van der Waals surface area contributed by atoms with E-state index in [4.69, 9.17) is 11.6 Å². The molecule has 2 aromatic rings. The first kappa shape index (κ1) is 15.9. The molecule has 0 atom stereocenters. The lowest BCUT2D eigenvalue weighted by Gasteiger charge is -2.14. The second-order valence-corrected chi connectivity index (χ2v) is 5.48. The number of imide groups is 1. The number of carbonyl (C=O) groups excluding carboxylic acids is 3. The van der Waals surface area contributed by atoms with Gasteiger partial charge in [0, 0.05) is 24.3 Å². The van der Waals surface area contributed by atoms with Crippen LogP contribution in [0.2, 0.25) is 5.02 Å². The van der Waals surface area contributed by atoms with Crippen molar-refractivity contribution in [2.24, 2.45) is 0 Å². The van der Waals surface area contributed by atoms with Gasteiger partial charge in [0.25, 0.3) is 11.8 Å². The minimum Gasteiger partial charge on any atom is -0.336 e. The third-order valence-electron chi connectivity index (χ3n) is 3.46. The number of nitrogens with zero attached hydrogens (tertiary/aromatic N) is 2. The van der Waals surface area contributed by atoms with Crippen LogP contribution in [0.25, 0.3) is 0 Å². The van der Waals surface area contributed by atoms with Gasteiger partial charge in [0.2, 0.25) is 0 Å². The summed E-state index contributed by atoms with van der Waals surface area (Å²) in [6.07, 6.45) is 1.47. The number of nitrogens with one attached hydrogen (secondary N) is 2. The Bertz CT molecular complexity index is 789. The van der Waals surface area contributed by atoms with Crippen molar-refractivity contribution in [3.63, 3.8) is 0 Å². The summed E-state index contributed by atoms with van der Waals surface area (Å²) in [5.74, 6) is -0.399. The van der Waals surface area contributed by atoms with Crippen LogP contribution in [-0.4, -0.2) is 40.8 Å². The van der Waals surface area contributed by atoms with Gasteiger partial charge in [0.05, 0.1) is 11.1 Å². The van der Waals surface area contributed by atoms with Crippen LogP contribution in [0.5, 0.6) is 0 Å². The molecular weight excluding hydrogens is 332 g/mol. The van der Waals surface area contributed by atoms with Gasteiger partial charge in [-0.15, -0.1) is 0 Å². The fourth-order valence-corrected chi connectivity index (χ4v) is 2.52. The number of pyridine rings is 1. The average molecular weight is 345 g/mol. The molecule has 3 rings (SSSR count). The number of halogens is 1. The molecule has 1 aliphatic rings. The monoisotopic (exact) mass is 344 g/mol. The molecule has 7 nitrogen and oxygen atoms in total. The number of aromatic nitrogens is 1. The van der Waals surface area contributed by atoms with Crippen LogP contribution in [0.4, 0.5) is 10.6 Å². The van der Waals surface area contributed by atoms with Gasteiger partial charge >= 0.3 is 6.03 Å². The van der Waals surface area contributed by atoms with Gasteiger partial charge in [-0.2, -0.15) is 0 Å². The summed E-state index contributed by atoms with van der Waals surface area (Å²) in [5.41, 5.74) is 0.769. The summed E-state index contributed by atoms with van der Waals surface area (Å²) < 4.78 is 0. The van der Waals surface area contributed by atoms with Crippen LogP contribution in [0, 0.1) is 0 Å². The lowest BCUT2D eigenvalue weighted by atomic mass is 10.1. The molecule has 4 amide bonds. The molecule has 0 saturated carbocycles. The minimum absolute atomic E-state index is 0.0861. The Morgan fingerprint density at radius 2 is 1.79 bits per heavy atom. The third-order valence-corrected chi connectivity index (χ3v) is 3.70. The quantitative estimate of drug-likeness (QED) is 0.831. The van der Waals surface area contributed by atoms with E-state index in [0.717, 1.165) is 4.90 Å². The van der Waals surface area contributed by atoms with Crippen LogP contribution >= 0.6 is 11.6 Å². The number of hydrogen-bond acceptors (Lipinski definition) is 4. The van der Waals surface area contributed by atoms with Gasteiger partial charge < -0.3 is 5.32 Å². The highest BCUT2D eigenvalue weighted by Gasteiger charge is 2.34. The van der Waals surface area contributed by atoms with Crippen molar-refractivity contribution in [3.05, 3.63) is 58.7 Å². The summed E-state index contributed by atoms with van der Waals surface area (Å²) in [5, 5.41) is 5.53. The number of hydrogen-bond donors (Lipinski definition) is 2. The van der Waals surface area contributed by atoms with Gasteiger partial charge in [-0.1, -0.05) is 23.7 Å². The normalized spacial score (nSPS) is 13.0. The molecule has 0 fully saturated rings. The Morgan fingerprint density at radius 1 is 1.12 bits per heavy atom. The highest BCUT2D eigenvalue weighted by molar-refractivity contribution is 6.30. The van der Waals surface area contributed by atoms with Crippen molar-refractivity contribution in [1.82, 2.24) is 15.2 Å². The zero-order valence-corrected chi connectivity index (χ0v) is 13.2. The number of rotatable bonds is 4. The van der Waals surface area contributed by atoms with Crippen LogP contribution < -0.4 is 10.6 Å². The first-order valence-electron chi connectivity index (χ1n) is 7.18. The number of carbonyl (C=O) groups is 3. The van der Waals surface area contributed by atoms with Crippen molar-refractivity contribution < 1.29 is 14.4 Å². The predicted molar refractivity (Wildman–Crippen MR) is 88.1 cm³/mol. The summed E-state index contributed by atoms with van der Waals surface area (Å²) in [7, 11) is 0. The van der Waals surface area contributed by atoms with Gasteiger partial charge in [0.1, 0.15) is 5.82 Å². The van der Waals surface area contributed by atoms with Crippen LogP contribution in [0.3, 0.4) is 0 Å². The summed E-state index contributed by atoms with van der Waals surface area (Å²) >= 11 is 5.80. The van der Waals surface area contributed by atoms with Gasteiger partial charge in [-0.25, -0.2) is 9.78 Å². The molecule has 0 aliphatic carbocycles. The van der Waals surface area contributed by atoms with E-state index in [1.54, 1.807) is 30.3 Å². The first-order valence-corrected chi connectivity index (χ1v) is 7.55. The summed E-state index contributed by atoms with van der Waals surface area (Å²) in [4.78, 5) is 41.2. The minimum atomic E-state index is -0.499. The average Bonchev–Trinajstić information content (AvgIpc) is 2.80. The number of urea groups is 1. The van der Waals surface area contributed by atoms with E-state index >= 15 is 0 Å². The molecule has 1 aromatic heterocycles. The lowest BCUT2D eigenvalue weighted by molar-refractivity contribution is 0.0656. The molecule has 2 N–H and O–H groups in total. The van der Waals surface area contributed by atoms with E-state index in [0.29, 0.717) is 22.0 Å². The van der Waals surface area contributed by atoms with E-state index in [1.807, 2.05) is 0 Å². The molecule has 0 bridgehead atoms. The number of fused-ring (bicyclic) bond motifs is 1. The van der Waals surface area contributed by atoms with Crippen molar-refractivity contribution in [1.29, 1.82) is 0 Å². The highest BCUT2D eigenvalue weighted by atomic mass is 35.5. The van der Waals surface area contributed by atoms with Crippen molar-refractivity contribution in [2.45, 2.75) is 0 Å². The predicted octanol–water partition coefficient (Wildman–Crippen LogP) is 2.15. The highest BCUT2D eigenvalue weighted by Crippen LogP contribution is 2.21. The van der Waals surface area contributed by atoms with Crippen LogP contribution in [0.1, 0.15) is 20.7 Å². The van der Waals surface area contributed by atoms with E-state index in [9.17, 15) is 14.4 Å². The lowest BCUT2D eigenvalue weighted by Crippen LogP contribution is -2.39. The zero-order chi connectivity index (χ0) is 17.1. The Labute approximate surface area is 142 Å². The smallest absolute Gasteiger partial charge is 0.320 e. The summed E-state index contributed by atoms with van der Waals surface area (Å²) in [6, 6.07) is 9.23. The van der Waals surface area contributed by atoms with Crippen LogP contribution in [0.15, 0.2) is 42.6 Å². The topological polar surface area (TPSA) is 91.4 Å². The second kappa shape index (κ2) is 6.67. The molecule has 8 heteroatoms. The summed E-state index contributed by atoms with van der Waals surface area (Å²) in [6.45, 7) is 0.209. The molecular formula is C16H13ClN4O3. The maximum atomic E-state index is 12.2. The molecule has 1 aromatic carbocycles. The van der Waals surface area contributed by atoms with Crippen molar-refractivity contribution >= 4 is 35.3 Å². The van der Waals surface area contributed by atoms with E-state index in [-0.39, 0.29) is 24.9 Å². The first-order chi connectivity index (χ1) is 11.6. The maximum Gasteiger partial charge on any atom is 0.320 e. The Morgan fingerprint density at radius 3 is 2.42 bits per heavy atom. The largest absolute Gasteiger partial charge is 0.336 e. The Balaban J connectivity index is 1.53.